The minimum absolute atomic E-state index is 0.145. The van der Waals surface area contributed by atoms with E-state index < -0.39 is 24.3 Å². The molecule has 0 spiro atoms. The Morgan fingerprint density at radius 3 is 0.792 bits per heavy atom. The van der Waals surface area contributed by atoms with Gasteiger partial charge in [-0.3, -0.25) is 9.59 Å². The van der Waals surface area contributed by atoms with E-state index in [1.807, 2.05) is 21.1 Å². The van der Waals surface area contributed by atoms with E-state index in [1.165, 1.54) is 231 Å². The quantitative estimate of drug-likeness (QED) is 0.0195. The Morgan fingerprint density at radius 1 is 0.297 bits per heavy atom. The van der Waals surface area contributed by atoms with Gasteiger partial charge in [-0.15, -0.1) is 0 Å². The van der Waals surface area contributed by atoms with E-state index in [0.29, 0.717) is 23.9 Å². The van der Waals surface area contributed by atoms with Gasteiger partial charge in [0.05, 0.1) is 40.3 Å². The van der Waals surface area contributed by atoms with Crippen LogP contribution in [0.5, 0.6) is 0 Å². The number of aliphatic carboxylic acids is 1. The van der Waals surface area contributed by atoms with E-state index in [-0.39, 0.29) is 32.2 Å². The molecule has 0 N–H and O–H groups in total. The zero-order chi connectivity index (χ0) is 73.2. The Hall–Kier alpha value is -4.57. The van der Waals surface area contributed by atoms with Crippen LogP contribution in [-0.4, -0.2) is 82.3 Å². The number of carboxylic acid groups (broad SMARTS) is 1. The lowest BCUT2D eigenvalue weighted by Gasteiger charge is -2.26. The number of carboxylic acids is 1. The van der Waals surface area contributed by atoms with Crippen molar-refractivity contribution in [2.24, 2.45) is 0 Å². The molecule has 0 saturated carbocycles. The summed E-state index contributed by atoms with van der Waals surface area (Å²) in [5.41, 5.74) is 0. The number of rotatable bonds is 78. The molecule has 0 rings (SSSR count). The predicted octanol–water partition coefficient (Wildman–Crippen LogP) is 26.3. The number of likely N-dealkylation sites (N-methyl/N-ethyl adjacent to an activating group) is 1. The number of unbranched alkanes of at least 4 members (excludes halogenated alkanes) is 41. The smallest absolute Gasteiger partial charge is 0.306 e. The van der Waals surface area contributed by atoms with Crippen molar-refractivity contribution < 1.29 is 42.9 Å². The lowest BCUT2D eigenvalue weighted by Crippen LogP contribution is -2.44. The van der Waals surface area contributed by atoms with Crippen molar-refractivity contribution in [3.63, 3.8) is 0 Å². The molecular weight excluding hydrogens is 1250 g/mol. The number of allylic oxidation sites excluding steroid dienone is 22. The first-order chi connectivity index (χ1) is 49.6. The van der Waals surface area contributed by atoms with Gasteiger partial charge in [0.25, 0.3) is 0 Å². The molecule has 9 heteroatoms. The van der Waals surface area contributed by atoms with Crippen molar-refractivity contribution in [3.05, 3.63) is 134 Å². The maximum Gasteiger partial charge on any atom is 0.306 e. The molecule has 0 radical (unpaired) electrons. The van der Waals surface area contributed by atoms with Crippen molar-refractivity contribution in [2.75, 3.05) is 47.5 Å². The number of carbonyl (C=O) groups excluding carboxylic acids is 3. The van der Waals surface area contributed by atoms with Crippen LogP contribution in [0.1, 0.15) is 373 Å². The molecule has 9 nitrogen and oxygen atoms in total. The highest BCUT2D eigenvalue weighted by molar-refractivity contribution is 5.70. The number of hydrogen-bond acceptors (Lipinski definition) is 8. The lowest BCUT2D eigenvalue weighted by atomic mass is 10.0. The van der Waals surface area contributed by atoms with Gasteiger partial charge in [-0.1, -0.05) is 385 Å². The molecule has 0 aromatic rings. The van der Waals surface area contributed by atoms with Crippen molar-refractivity contribution in [1.82, 2.24) is 0 Å². The topological polar surface area (TPSA) is 111 Å². The largest absolute Gasteiger partial charge is 0.545 e. The van der Waals surface area contributed by atoms with Gasteiger partial charge in [0.15, 0.2) is 12.4 Å². The third kappa shape index (κ3) is 82.6. The first kappa shape index (κ1) is 96.4. The summed E-state index contributed by atoms with van der Waals surface area (Å²) in [6.07, 6.45) is 115. The van der Waals surface area contributed by atoms with Gasteiger partial charge < -0.3 is 33.3 Å². The zero-order valence-electron chi connectivity index (χ0n) is 66.5. The molecule has 0 aliphatic rings. The number of carbonyl (C=O) groups is 3. The van der Waals surface area contributed by atoms with Crippen LogP contribution in [0, 0.1) is 0 Å². The Labute approximate surface area is 624 Å². The van der Waals surface area contributed by atoms with Gasteiger partial charge in [-0.05, 0) is 109 Å². The average Bonchev–Trinajstić information content (AvgIpc) is 1.25. The molecule has 101 heavy (non-hydrogen) atoms. The Morgan fingerprint density at radius 2 is 0.535 bits per heavy atom. The fourth-order valence-corrected chi connectivity index (χ4v) is 12.0. The molecule has 0 heterocycles. The Balaban J connectivity index is 3.97. The van der Waals surface area contributed by atoms with Crippen molar-refractivity contribution in [1.29, 1.82) is 0 Å². The first-order valence-corrected chi connectivity index (χ1v) is 42.3. The maximum absolute atomic E-state index is 13.0. The van der Waals surface area contributed by atoms with Gasteiger partial charge in [0, 0.05) is 12.8 Å². The molecule has 0 amide bonds. The summed E-state index contributed by atoms with van der Waals surface area (Å²) in [6.45, 7) is 4.56. The van der Waals surface area contributed by atoms with Crippen LogP contribution in [-0.2, 0) is 33.3 Å². The number of hydrogen-bond donors (Lipinski definition) is 0. The van der Waals surface area contributed by atoms with Crippen LogP contribution in [0.4, 0.5) is 0 Å². The summed E-state index contributed by atoms with van der Waals surface area (Å²) in [4.78, 5) is 37.7. The van der Waals surface area contributed by atoms with Gasteiger partial charge in [-0.25, -0.2) is 0 Å². The molecule has 0 aromatic heterocycles. The fourth-order valence-electron chi connectivity index (χ4n) is 12.0. The van der Waals surface area contributed by atoms with Crippen molar-refractivity contribution in [3.8, 4) is 0 Å². The Bertz CT molecular complexity index is 2130. The van der Waals surface area contributed by atoms with Crippen LogP contribution in [0.3, 0.4) is 0 Å². The molecular formula is C92H159NO8. The highest BCUT2D eigenvalue weighted by atomic mass is 16.7. The zero-order valence-corrected chi connectivity index (χ0v) is 66.5. The van der Waals surface area contributed by atoms with Gasteiger partial charge in [0.2, 0.25) is 0 Å². The third-order valence-corrected chi connectivity index (χ3v) is 18.4. The SMILES string of the molecule is CC/C=C\C/C=C\C/C=C\C/C=C\C/C=C\C/C=C\C/C=C\CCCCCCCCCCCCCCCC(=O)OC(COC(=O)CCCCCCCCCCCCCCCCCCCCCCCCCCCCCC/C=C\C/C=C\C/C=C\C/C=C\CC)COC(OCC[N+](C)(C)C)C(=O)[O-]. The number of nitrogens with zero attached hydrogens (tertiary/aromatic N) is 1. The van der Waals surface area contributed by atoms with E-state index in [1.54, 1.807) is 0 Å². The van der Waals surface area contributed by atoms with Gasteiger partial charge in [0.1, 0.15) is 13.2 Å². The minimum atomic E-state index is -1.63. The summed E-state index contributed by atoms with van der Waals surface area (Å²) in [5.74, 6) is -2.27. The van der Waals surface area contributed by atoms with Crippen LogP contribution >= 0.6 is 0 Å². The second-order valence-corrected chi connectivity index (χ2v) is 29.4. The van der Waals surface area contributed by atoms with Gasteiger partial charge >= 0.3 is 11.9 Å². The summed E-state index contributed by atoms with van der Waals surface area (Å²) in [7, 11) is 5.94. The van der Waals surface area contributed by atoms with E-state index in [9.17, 15) is 19.5 Å². The van der Waals surface area contributed by atoms with E-state index >= 15 is 0 Å². The predicted molar refractivity (Wildman–Crippen MR) is 435 cm³/mol. The molecule has 580 valence electrons. The Kier molecular flexibility index (Phi) is 77.4. The number of esters is 2. The fraction of sp³-hybridized carbons (Fsp3) is 0.728. The summed E-state index contributed by atoms with van der Waals surface area (Å²) >= 11 is 0. The number of ether oxygens (including phenoxy) is 4. The van der Waals surface area contributed by atoms with E-state index in [4.69, 9.17) is 18.9 Å². The standard InChI is InChI=1S/C92H159NO8/c1-6-8-10-12-14-16-18-20-22-24-26-28-30-32-34-36-38-40-42-43-44-45-46-47-49-50-52-54-56-58-60-62-64-66-68-70-72-74-76-78-80-82-89(94)99-86-88(87-100-92(91(96)97)98-85-84-93(3,4)5)101-90(95)83-81-79-77-75-73-71-69-67-65-63-61-59-57-55-53-51-48-41-39-37-35-33-31-29-27-25-23-21-19-17-15-13-11-9-7-2/h8-11,14-17,20-23,26-29,33,35,39,41,51,53,88,92H,6-7,12-13,18-19,24-25,30-32,34,36-38,40,42-50,52,54-87H2,1-5H3/b10-8-,11-9-,16-14-,17-15-,22-20-,23-21-,28-26-,29-27-,35-33-,41-39-,53-51-. The van der Waals surface area contributed by atoms with Crippen LogP contribution in [0.25, 0.3) is 0 Å². The normalized spacial score (nSPS) is 13.3. The molecule has 0 fully saturated rings. The third-order valence-electron chi connectivity index (χ3n) is 18.4. The second-order valence-electron chi connectivity index (χ2n) is 29.4. The monoisotopic (exact) mass is 1410 g/mol. The molecule has 0 aliphatic carbocycles. The van der Waals surface area contributed by atoms with Gasteiger partial charge in [-0.2, -0.15) is 0 Å². The molecule has 2 atom stereocenters. The van der Waals surface area contributed by atoms with Crippen molar-refractivity contribution in [2.45, 2.75) is 386 Å². The molecule has 0 saturated heterocycles. The summed E-state index contributed by atoms with van der Waals surface area (Å²) < 4.78 is 22.9. The first-order valence-electron chi connectivity index (χ1n) is 42.3. The molecule has 0 aliphatic heterocycles. The highest BCUT2D eigenvalue weighted by Crippen LogP contribution is 2.19. The molecule has 2 unspecified atom stereocenters. The highest BCUT2D eigenvalue weighted by Gasteiger charge is 2.22. The average molecular weight is 1410 g/mol. The van der Waals surface area contributed by atoms with E-state index in [0.717, 1.165) is 109 Å². The van der Waals surface area contributed by atoms with Crippen LogP contribution in [0.15, 0.2) is 134 Å². The molecule has 0 aromatic carbocycles. The number of quaternary nitrogens is 1. The van der Waals surface area contributed by atoms with Crippen LogP contribution < -0.4 is 5.11 Å². The molecule has 0 bridgehead atoms. The minimum Gasteiger partial charge on any atom is -0.545 e. The van der Waals surface area contributed by atoms with Crippen molar-refractivity contribution >= 4 is 17.9 Å². The lowest BCUT2D eigenvalue weighted by molar-refractivity contribution is -0.870. The van der Waals surface area contributed by atoms with E-state index in [2.05, 4.69) is 148 Å². The van der Waals surface area contributed by atoms with Crippen LogP contribution in [0.2, 0.25) is 0 Å². The summed E-state index contributed by atoms with van der Waals surface area (Å²) in [6, 6.07) is 0. The maximum atomic E-state index is 13.0. The summed E-state index contributed by atoms with van der Waals surface area (Å²) in [5, 5.41) is 11.9. The second kappa shape index (κ2) is 81.1.